The highest BCUT2D eigenvalue weighted by Gasteiger charge is 2.40. The van der Waals surface area contributed by atoms with Crippen molar-refractivity contribution in [3.05, 3.63) is 12.2 Å². The first-order valence-electron chi connectivity index (χ1n) is 6.92. The van der Waals surface area contributed by atoms with Gasteiger partial charge < -0.3 is 14.9 Å². The van der Waals surface area contributed by atoms with Gasteiger partial charge >= 0.3 is 0 Å². The van der Waals surface area contributed by atoms with Crippen LogP contribution in [0.3, 0.4) is 0 Å². The Morgan fingerprint density at radius 2 is 2.00 bits per heavy atom. The van der Waals surface area contributed by atoms with Crippen LogP contribution in [0, 0.1) is 17.8 Å². The summed E-state index contributed by atoms with van der Waals surface area (Å²) in [6, 6.07) is 0. The fourth-order valence-electron chi connectivity index (χ4n) is 3.69. The van der Waals surface area contributed by atoms with Gasteiger partial charge in [-0.1, -0.05) is 12.2 Å². The van der Waals surface area contributed by atoms with Gasteiger partial charge in [-0.25, -0.2) is 0 Å². The molecule has 6 atom stereocenters. The van der Waals surface area contributed by atoms with Gasteiger partial charge in [0.1, 0.15) is 0 Å². The maximum absolute atomic E-state index is 10.2. The van der Waals surface area contributed by atoms with Crippen LogP contribution in [-0.4, -0.2) is 28.7 Å². The van der Waals surface area contributed by atoms with E-state index in [0.717, 1.165) is 25.7 Å². The zero-order chi connectivity index (χ0) is 11.8. The molecular weight excluding hydrogens is 216 g/mol. The van der Waals surface area contributed by atoms with Gasteiger partial charge in [0, 0.05) is 5.92 Å². The summed E-state index contributed by atoms with van der Waals surface area (Å²) in [5, 5.41) is 19.8. The van der Waals surface area contributed by atoms with Crippen LogP contribution in [0.2, 0.25) is 0 Å². The van der Waals surface area contributed by atoms with Crippen LogP contribution < -0.4 is 0 Å². The number of aliphatic hydroxyl groups excluding tert-OH is 2. The Morgan fingerprint density at radius 1 is 1.12 bits per heavy atom. The van der Waals surface area contributed by atoms with Gasteiger partial charge in [0.25, 0.3) is 0 Å². The van der Waals surface area contributed by atoms with E-state index in [2.05, 4.69) is 12.2 Å². The van der Waals surface area contributed by atoms with Crippen molar-refractivity contribution in [2.24, 2.45) is 17.8 Å². The van der Waals surface area contributed by atoms with Crippen molar-refractivity contribution in [2.75, 3.05) is 0 Å². The van der Waals surface area contributed by atoms with Crippen LogP contribution in [0.25, 0.3) is 0 Å². The van der Waals surface area contributed by atoms with Crippen molar-refractivity contribution >= 4 is 0 Å². The number of rotatable bonds is 3. The molecule has 0 aliphatic heterocycles. The summed E-state index contributed by atoms with van der Waals surface area (Å²) in [7, 11) is 0. The van der Waals surface area contributed by atoms with Crippen molar-refractivity contribution in [2.45, 2.75) is 57.0 Å². The topological polar surface area (TPSA) is 49.7 Å². The average Bonchev–Trinajstić information content (AvgIpc) is 2.90. The predicted molar refractivity (Wildman–Crippen MR) is 64.2 cm³/mol. The van der Waals surface area contributed by atoms with Crippen molar-refractivity contribution in [1.82, 2.24) is 0 Å². The summed E-state index contributed by atoms with van der Waals surface area (Å²) in [4.78, 5) is 0. The molecule has 2 fully saturated rings. The molecule has 2 N–H and O–H groups in total. The molecule has 3 aliphatic carbocycles. The molecule has 0 amide bonds. The van der Waals surface area contributed by atoms with Gasteiger partial charge in [-0.2, -0.15) is 0 Å². The monoisotopic (exact) mass is 238 g/mol. The molecule has 3 rings (SSSR count). The first-order valence-corrected chi connectivity index (χ1v) is 6.92. The Bertz CT molecular complexity index is 302. The van der Waals surface area contributed by atoms with E-state index in [1.54, 1.807) is 0 Å². The number of hydrogen-bond acceptors (Lipinski definition) is 3. The lowest BCUT2D eigenvalue weighted by molar-refractivity contribution is -0.182. The number of ether oxygens (including phenoxy) is 1. The van der Waals surface area contributed by atoms with Crippen molar-refractivity contribution in [1.29, 1.82) is 0 Å². The largest absolute Gasteiger partial charge is 0.393 e. The fraction of sp³-hybridized carbons (Fsp3) is 0.857. The van der Waals surface area contributed by atoms with Crippen LogP contribution in [-0.2, 0) is 4.74 Å². The number of hydrogen-bond donors (Lipinski definition) is 2. The van der Waals surface area contributed by atoms with E-state index in [1.165, 1.54) is 6.42 Å². The molecule has 3 heteroatoms. The summed E-state index contributed by atoms with van der Waals surface area (Å²) in [6.07, 6.45) is 9.51. The maximum atomic E-state index is 10.2. The fourth-order valence-corrected chi connectivity index (χ4v) is 3.69. The second kappa shape index (κ2) is 4.71. The Balaban J connectivity index is 1.53. The molecule has 0 radical (unpaired) electrons. The lowest BCUT2D eigenvalue weighted by Crippen LogP contribution is -2.34. The molecule has 3 aliphatic rings. The van der Waals surface area contributed by atoms with E-state index in [4.69, 9.17) is 4.74 Å². The van der Waals surface area contributed by atoms with E-state index >= 15 is 0 Å². The minimum absolute atomic E-state index is 0.0526. The van der Waals surface area contributed by atoms with E-state index in [9.17, 15) is 10.2 Å². The Morgan fingerprint density at radius 3 is 2.65 bits per heavy atom. The normalized spacial score (nSPS) is 46.4. The highest BCUT2D eigenvalue weighted by Crippen LogP contribution is 2.45. The minimum Gasteiger partial charge on any atom is -0.393 e. The van der Waals surface area contributed by atoms with Gasteiger partial charge in [0.15, 0.2) is 6.29 Å². The molecule has 0 aromatic rings. The molecular formula is C14H22O3. The van der Waals surface area contributed by atoms with Crippen LogP contribution in [0.4, 0.5) is 0 Å². The number of aliphatic hydroxyl groups is 2. The van der Waals surface area contributed by atoms with Gasteiger partial charge in [0.2, 0.25) is 0 Å². The molecule has 17 heavy (non-hydrogen) atoms. The standard InChI is InChI=1S/C14H22O3/c15-11-2-1-3-12(8-11)17-14(16)13-7-9-4-5-10(13)6-9/h4-5,9-16H,1-3,6-8H2. The lowest BCUT2D eigenvalue weighted by Gasteiger charge is -2.31. The SMILES string of the molecule is OC1CCCC(OC(O)C2CC3C=CC2C3)C1. The summed E-state index contributed by atoms with van der Waals surface area (Å²) in [6.45, 7) is 0. The predicted octanol–water partition coefficient (Wildman–Crippen LogP) is 1.84. The van der Waals surface area contributed by atoms with Gasteiger partial charge in [-0.05, 0) is 50.4 Å². The van der Waals surface area contributed by atoms with E-state index in [1.807, 2.05) is 0 Å². The second-order valence-electron chi connectivity index (χ2n) is 5.91. The second-order valence-corrected chi connectivity index (χ2v) is 5.91. The van der Waals surface area contributed by atoms with Crippen LogP contribution in [0.5, 0.6) is 0 Å². The Hall–Kier alpha value is -0.380. The molecule has 0 aromatic carbocycles. The smallest absolute Gasteiger partial charge is 0.158 e. The van der Waals surface area contributed by atoms with E-state index in [-0.39, 0.29) is 18.1 Å². The zero-order valence-corrected chi connectivity index (χ0v) is 10.2. The average molecular weight is 238 g/mol. The van der Waals surface area contributed by atoms with Gasteiger partial charge in [-0.3, -0.25) is 0 Å². The highest BCUT2D eigenvalue weighted by molar-refractivity contribution is 5.10. The Labute approximate surface area is 102 Å². The third kappa shape index (κ3) is 2.42. The molecule has 0 saturated heterocycles. The van der Waals surface area contributed by atoms with E-state index < -0.39 is 6.29 Å². The third-order valence-corrected chi connectivity index (χ3v) is 4.63. The maximum Gasteiger partial charge on any atom is 0.158 e. The molecule has 3 nitrogen and oxygen atoms in total. The van der Waals surface area contributed by atoms with Gasteiger partial charge in [-0.15, -0.1) is 0 Å². The summed E-state index contributed by atoms with van der Waals surface area (Å²) < 4.78 is 5.76. The molecule has 0 spiro atoms. The van der Waals surface area contributed by atoms with Crippen molar-refractivity contribution in [3.63, 3.8) is 0 Å². The van der Waals surface area contributed by atoms with Crippen LogP contribution >= 0.6 is 0 Å². The third-order valence-electron chi connectivity index (χ3n) is 4.63. The van der Waals surface area contributed by atoms with Crippen molar-refractivity contribution in [3.8, 4) is 0 Å². The Kier molecular flexibility index (Phi) is 3.24. The first kappa shape index (κ1) is 11.7. The first-order chi connectivity index (χ1) is 8.22. The van der Waals surface area contributed by atoms with Crippen LogP contribution in [0.1, 0.15) is 38.5 Å². The summed E-state index contributed by atoms with van der Waals surface area (Å²) in [5.41, 5.74) is 0. The summed E-state index contributed by atoms with van der Waals surface area (Å²) >= 11 is 0. The molecule has 2 saturated carbocycles. The van der Waals surface area contributed by atoms with Gasteiger partial charge in [0.05, 0.1) is 12.2 Å². The minimum atomic E-state index is -0.634. The summed E-state index contributed by atoms with van der Waals surface area (Å²) in [5.74, 6) is 1.47. The number of allylic oxidation sites excluding steroid dienone is 2. The lowest BCUT2D eigenvalue weighted by atomic mass is 9.92. The number of fused-ring (bicyclic) bond motifs is 2. The quantitative estimate of drug-likeness (QED) is 0.582. The molecule has 2 bridgehead atoms. The van der Waals surface area contributed by atoms with Crippen molar-refractivity contribution < 1.29 is 14.9 Å². The molecule has 0 aromatic heterocycles. The molecule has 6 unspecified atom stereocenters. The molecule has 96 valence electrons. The van der Waals surface area contributed by atoms with Crippen LogP contribution in [0.15, 0.2) is 12.2 Å². The highest BCUT2D eigenvalue weighted by atomic mass is 16.6. The zero-order valence-electron chi connectivity index (χ0n) is 10.2. The van der Waals surface area contributed by atoms with E-state index in [0.29, 0.717) is 18.3 Å². The molecule has 0 heterocycles.